The van der Waals surface area contributed by atoms with E-state index in [2.05, 4.69) is 0 Å². The molecule has 3 heteroatoms. The monoisotopic (exact) mass is 213 g/mol. The average Bonchev–Trinajstić information content (AvgIpc) is 2.28. The van der Waals surface area contributed by atoms with E-state index in [1.54, 1.807) is 6.08 Å². The lowest BCUT2D eigenvalue weighted by atomic mass is 10.1. The van der Waals surface area contributed by atoms with Crippen LogP contribution in [-0.2, 0) is 0 Å². The van der Waals surface area contributed by atoms with Crippen molar-refractivity contribution < 1.29 is 4.92 Å². The highest BCUT2D eigenvalue weighted by Gasteiger charge is 2.02. The first kappa shape index (κ1) is 10.4. The lowest BCUT2D eigenvalue weighted by molar-refractivity contribution is -0.422. The van der Waals surface area contributed by atoms with E-state index in [1.165, 1.54) is 6.92 Å². The molecule has 0 radical (unpaired) electrons. The number of allylic oxidation sites excluding steroid dienone is 1. The first-order valence-electron chi connectivity index (χ1n) is 4.98. The molecular weight excluding hydrogens is 202 g/mol. The fourth-order valence-electron chi connectivity index (χ4n) is 1.59. The van der Waals surface area contributed by atoms with Crippen LogP contribution in [0, 0.1) is 10.1 Å². The third-order valence-electron chi connectivity index (χ3n) is 2.44. The summed E-state index contributed by atoms with van der Waals surface area (Å²) in [6.45, 7) is 1.50. The molecule has 2 aromatic rings. The van der Waals surface area contributed by atoms with Gasteiger partial charge in [-0.25, -0.2) is 0 Å². The Labute approximate surface area is 93.2 Å². The van der Waals surface area contributed by atoms with E-state index in [0.717, 1.165) is 16.3 Å². The van der Waals surface area contributed by atoms with E-state index >= 15 is 0 Å². The highest BCUT2D eigenvalue weighted by atomic mass is 16.6. The molecule has 0 unspecified atom stereocenters. The van der Waals surface area contributed by atoms with Crippen molar-refractivity contribution in [1.82, 2.24) is 0 Å². The smallest absolute Gasteiger partial charge is 0.243 e. The predicted octanol–water partition coefficient (Wildman–Crippen LogP) is 3.48. The molecule has 80 valence electrons. The topological polar surface area (TPSA) is 43.1 Å². The molecular formula is C13H11NO2. The van der Waals surface area contributed by atoms with Crippen molar-refractivity contribution in [3.8, 4) is 0 Å². The van der Waals surface area contributed by atoms with E-state index in [9.17, 15) is 10.1 Å². The molecule has 0 aliphatic rings. The number of hydrogen-bond donors (Lipinski definition) is 0. The molecule has 0 N–H and O–H groups in total. The third-order valence-corrected chi connectivity index (χ3v) is 2.44. The van der Waals surface area contributed by atoms with E-state index in [-0.39, 0.29) is 10.6 Å². The second-order valence-electron chi connectivity index (χ2n) is 3.65. The van der Waals surface area contributed by atoms with Crippen LogP contribution < -0.4 is 0 Å². The summed E-state index contributed by atoms with van der Waals surface area (Å²) >= 11 is 0. The number of rotatable bonds is 2. The lowest BCUT2D eigenvalue weighted by Crippen LogP contribution is -1.92. The van der Waals surface area contributed by atoms with Gasteiger partial charge in [-0.2, -0.15) is 0 Å². The molecule has 16 heavy (non-hydrogen) atoms. The molecule has 0 saturated heterocycles. The standard InChI is InChI=1S/C13H11NO2/c1-10(14(15)16)8-11-6-7-12-4-2-3-5-13(12)9-11/h2-9H,1H3. The quantitative estimate of drug-likeness (QED) is 0.566. The SMILES string of the molecule is CC(=Cc1ccc2ccccc2c1)[N+](=O)[O-]. The molecule has 3 nitrogen and oxygen atoms in total. The molecule has 0 fully saturated rings. The highest BCUT2D eigenvalue weighted by Crippen LogP contribution is 2.17. The first-order valence-corrected chi connectivity index (χ1v) is 4.98. The van der Waals surface area contributed by atoms with Gasteiger partial charge in [0, 0.05) is 13.0 Å². The minimum Gasteiger partial charge on any atom is -0.259 e. The van der Waals surface area contributed by atoms with Gasteiger partial charge in [0.1, 0.15) is 0 Å². The fraction of sp³-hybridized carbons (Fsp3) is 0.0769. The van der Waals surface area contributed by atoms with Gasteiger partial charge in [-0.05, 0) is 22.4 Å². The van der Waals surface area contributed by atoms with Crippen molar-refractivity contribution in [2.24, 2.45) is 0 Å². The van der Waals surface area contributed by atoms with Gasteiger partial charge in [-0.3, -0.25) is 10.1 Å². The van der Waals surface area contributed by atoms with Crippen LogP contribution in [0.15, 0.2) is 48.2 Å². The van der Waals surface area contributed by atoms with E-state index in [4.69, 9.17) is 0 Å². The molecule has 0 spiro atoms. The van der Waals surface area contributed by atoms with Crippen LogP contribution in [0.4, 0.5) is 0 Å². The number of hydrogen-bond acceptors (Lipinski definition) is 2. The van der Waals surface area contributed by atoms with E-state index in [0.29, 0.717) is 0 Å². The Hall–Kier alpha value is -2.16. The van der Waals surface area contributed by atoms with Gasteiger partial charge in [-0.15, -0.1) is 0 Å². The van der Waals surface area contributed by atoms with Gasteiger partial charge in [0.25, 0.3) is 0 Å². The Kier molecular flexibility index (Phi) is 2.68. The van der Waals surface area contributed by atoms with Crippen LogP contribution in [0.2, 0.25) is 0 Å². The second-order valence-corrected chi connectivity index (χ2v) is 3.65. The van der Waals surface area contributed by atoms with Crippen LogP contribution in [-0.4, -0.2) is 4.92 Å². The fourth-order valence-corrected chi connectivity index (χ4v) is 1.59. The molecule has 0 amide bonds. The van der Waals surface area contributed by atoms with Crippen molar-refractivity contribution in [3.63, 3.8) is 0 Å². The Bertz CT molecular complexity index is 573. The van der Waals surface area contributed by atoms with Gasteiger partial charge in [0.15, 0.2) is 0 Å². The molecule has 0 heterocycles. The van der Waals surface area contributed by atoms with Crippen molar-refractivity contribution in [2.45, 2.75) is 6.92 Å². The minimum atomic E-state index is -0.380. The Balaban J connectivity index is 2.47. The molecule has 2 aromatic carbocycles. The molecule has 0 aromatic heterocycles. The summed E-state index contributed by atoms with van der Waals surface area (Å²) < 4.78 is 0. The molecule has 0 aliphatic heterocycles. The largest absolute Gasteiger partial charge is 0.259 e. The molecule has 0 bridgehead atoms. The zero-order valence-electron chi connectivity index (χ0n) is 8.88. The summed E-state index contributed by atoms with van der Waals surface area (Å²) in [7, 11) is 0. The van der Waals surface area contributed by atoms with Crippen molar-refractivity contribution in [1.29, 1.82) is 0 Å². The van der Waals surface area contributed by atoms with Gasteiger partial charge in [-0.1, -0.05) is 36.4 Å². The average molecular weight is 213 g/mol. The zero-order chi connectivity index (χ0) is 11.5. The van der Waals surface area contributed by atoms with Gasteiger partial charge >= 0.3 is 0 Å². The maximum Gasteiger partial charge on any atom is 0.243 e. The van der Waals surface area contributed by atoms with Crippen LogP contribution in [0.1, 0.15) is 12.5 Å². The van der Waals surface area contributed by atoms with Crippen LogP contribution in [0.3, 0.4) is 0 Å². The number of nitro groups is 1. The Morgan fingerprint density at radius 2 is 1.88 bits per heavy atom. The van der Waals surface area contributed by atoms with Crippen LogP contribution in [0.5, 0.6) is 0 Å². The van der Waals surface area contributed by atoms with Crippen LogP contribution >= 0.6 is 0 Å². The summed E-state index contributed by atoms with van der Waals surface area (Å²) in [6, 6.07) is 13.7. The Morgan fingerprint density at radius 3 is 2.56 bits per heavy atom. The lowest BCUT2D eigenvalue weighted by Gasteiger charge is -1.98. The minimum absolute atomic E-state index is 0.148. The third kappa shape index (κ3) is 2.08. The van der Waals surface area contributed by atoms with Crippen LogP contribution in [0.25, 0.3) is 16.8 Å². The van der Waals surface area contributed by atoms with Crippen molar-refractivity contribution in [2.75, 3.05) is 0 Å². The zero-order valence-corrected chi connectivity index (χ0v) is 8.88. The van der Waals surface area contributed by atoms with Crippen molar-refractivity contribution in [3.05, 3.63) is 63.8 Å². The highest BCUT2D eigenvalue weighted by molar-refractivity contribution is 5.84. The maximum absolute atomic E-state index is 10.5. The number of nitrogens with zero attached hydrogens (tertiary/aromatic N) is 1. The van der Waals surface area contributed by atoms with E-state index < -0.39 is 0 Å². The van der Waals surface area contributed by atoms with Gasteiger partial charge < -0.3 is 0 Å². The summed E-state index contributed by atoms with van der Waals surface area (Å²) in [5.74, 6) is 0. The summed E-state index contributed by atoms with van der Waals surface area (Å²) in [6.07, 6.45) is 1.58. The van der Waals surface area contributed by atoms with Crippen molar-refractivity contribution >= 4 is 16.8 Å². The van der Waals surface area contributed by atoms with E-state index in [1.807, 2.05) is 42.5 Å². The number of fused-ring (bicyclic) bond motifs is 1. The molecule has 2 rings (SSSR count). The van der Waals surface area contributed by atoms with Gasteiger partial charge in [0.2, 0.25) is 5.70 Å². The van der Waals surface area contributed by atoms with Gasteiger partial charge in [0.05, 0.1) is 4.92 Å². The summed E-state index contributed by atoms with van der Waals surface area (Å²) in [5, 5.41) is 12.7. The molecule has 0 atom stereocenters. The predicted molar refractivity (Wildman–Crippen MR) is 64.6 cm³/mol. The normalized spacial score (nSPS) is 11.7. The second kappa shape index (κ2) is 4.14. The Morgan fingerprint density at radius 1 is 1.19 bits per heavy atom. The maximum atomic E-state index is 10.5. The molecule has 0 saturated carbocycles. The summed E-state index contributed by atoms with van der Waals surface area (Å²) in [5.41, 5.74) is 1.00. The number of benzene rings is 2. The molecule has 0 aliphatic carbocycles. The first-order chi connectivity index (χ1) is 7.66. The summed E-state index contributed by atoms with van der Waals surface area (Å²) in [4.78, 5) is 10.1.